The summed E-state index contributed by atoms with van der Waals surface area (Å²) in [6, 6.07) is 13.8. The number of hydrogen-bond donors (Lipinski definition) is 0. The van der Waals surface area contributed by atoms with Crippen molar-refractivity contribution in [1.29, 1.82) is 0 Å². The van der Waals surface area contributed by atoms with E-state index in [9.17, 15) is 19.2 Å². The highest BCUT2D eigenvalue weighted by Crippen LogP contribution is 2.65. The zero-order chi connectivity index (χ0) is 25.1. The van der Waals surface area contributed by atoms with Crippen LogP contribution in [0.4, 0.5) is 0 Å². The predicted molar refractivity (Wildman–Crippen MR) is 132 cm³/mol. The number of carbonyl (C=O) groups is 4. The van der Waals surface area contributed by atoms with Crippen LogP contribution < -0.4 is 0 Å². The summed E-state index contributed by atoms with van der Waals surface area (Å²) in [4.78, 5) is 54.8. The zero-order valence-electron chi connectivity index (χ0n) is 20.4. The molecule has 7 rings (SSSR count). The van der Waals surface area contributed by atoms with Crippen molar-refractivity contribution >= 4 is 23.6 Å². The number of amides is 2. The lowest BCUT2D eigenvalue weighted by atomic mass is 9.63. The van der Waals surface area contributed by atoms with Crippen molar-refractivity contribution in [3.8, 4) is 0 Å². The van der Waals surface area contributed by atoms with Crippen LogP contribution in [0.5, 0.6) is 0 Å². The maximum absolute atomic E-state index is 13.7. The zero-order valence-corrected chi connectivity index (χ0v) is 20.4. The molecule has 0 aromatic heterocycles. The highest BCUT2D eigenvalue weighted by Gasteiger charge is 2.68. The Bertz CT molecular complexity index is 1260. The normalized spacial score (nSPS) is 30.1. The quantitative estimate of drug-likeness (QED) is 0.260. The minimum atomic E-state index is -1.10. The van der Waals surface area contributed by atoms with Gasteiger partial charge in [-0.15, -0.1) is 0 Å². The number of ketones is 1. The lowest BCUT2D eigenvalue weighted by molar-refractivity contribution is -0.158. The van der Waals surface area contributed by atoms with Gasteiger partial charge in [0.25, 0.3) is 0 Å². The van der Waals surface area contributed by atoms with Gasteiger partial charge in [0.05, 0.1) is 11.8 Å². The Morgan fingerprint density at radius 1 is 0.944 bits per heavy atom. The topological polar surface area (TPSA) is 80.8 Å². The summed E-state index contributed by atoms with van der Waals surface area (Å²) < 4.78 is 5.50. The molecule has 0 spiro atoms. The van der Waals surface area contributed by atoms with Crippen LogP contribution in [0.2, 0.25) is 0 Å². The van der Waals surface area contributed by atoms with E-state index in [4.69, 9.17) is 4.74 Å². The second kappa shape index (κ2) is 8.54. The van der Waals surface area contributed by atoms with Crippen LogP contribution in [0.25, 0.3) is 0 Å². The van der Waals surface area contributed by atoms with Gasteiger partial charge < -0.3 is 4.74 Å². The molecule has 6 nitrogen and oxygen atoms in total. The van der Waals surface area contributed by atoms with E-state index < -0.39 is 18.6 Å². The molecule has 7 atom stereocenters. The fourth-order valence-corrected chi connectivity index (χ4v) is 6.75. The van der Waals surface area contributed by atoms with Gasteiger partial charge >= 0.3 is 5.97 Å². The van der Waals surface area contributed by atoms with Crippen LogP contribution in [0.3, 0.4) is 0 Å². The summed E-state index contributed by atoms with van der Waals surface area (Å²) in [5, 5.41) is 0. The Labute approximate surface area is 210 Å². The lowest BCUT2D eigenvalue weighted by Crippen LogP contribution is -2.48. The molecule has 1 saturated heterocycles. The lowest BCUT2D eigenvalue weighted by Gasteiger charge is -2.37. The van der Waals surface area contributed by atoms with Gasteiger partial charge in [-0.25, -0.2) is 4.79 Å². The number of ether oxygens (including phenoxy) is 1. The number of esters is 1. The Balaban J connectivity index is 1.25. The van der Waals surface area contributed by atoms with Crippen molar-refractivity contribution in [3.05, 3.63) is 82.9 Å². The molecular weight excluding hydrogens is 454 g/mol. The summed E-state index contributed by atoms with van der Waals surface area (Å²) in [5.41, 5.74) is 3.07. The van der Waals surface area contributed by atoms with Gasteiger partial charge in [-0.05, 0) is 61.1 Å². The molecule has 184 valence electrons. The second-order valence-corrected chi connectivity index (χ2v) is 10.8. The predicted octanol–water partition coefficient (Wildman–Crippen LogP) is 3.69. The standard InChI is InChI=1S/C30H29NO5/c1-16-8-9-17(2)21(12-16)25(32)15-36-30(35)24(13-18-6-4-3-5-7-18)31-28(33)26-19-10-11-20(23-14-22(19)23)27(26)29(31)34/h3-12,19-20,22-24,26-27H,13-15H2,1-2H3/t19-,20-,22-,23+,24-,26-,27+/m0/s1. The average molecular weight is 484 g/mol. The van der Waals surface area contributed by atoms with Crippen molar-refractivity contribution in [2.75, 3.05) is 6.61 Å². The van der Waals surface area contributed by atoms with E-state index in [0.717, 1.165) is 23.1 Å². The van der Waals surface area contributed by atoms with Crippen molar-refractivity contribution in [3.63, 3.8) is 0 Å². The van der Waals surface area contributed by atoms with Crippen LogP contribution in [-0.2, 0) is 25.5 Å². The Kier molecular flexibility index (Phi) is 5.43. The number of nitrogens with zero attached hydrogens (tertiary/aromatic N) is 1. The SMILES string of the molecule is Cc1ccc(C)c(C(=O)COC(=O)[C@H](Cc2ccccc2)N2C(=O)[C@@H]3[C@H]4C=C[C@@H]([C@@H]5C[C@H]45)[C@@H]3C2=O)c1. The summed E-state index contributed by atoms with van der Waals surface area (Å²) in [5.74, 6) is -1.24. The first-order chi connectivity index (χ1) is 17.3. The summed E-state index contributed by atoms with van der Waals surface area (Å²) in [6.45, 7) is 3.30. The van der Waals surface area contributed by atoms with E-state index in [-0.39, 0.29) is 47.7 Å². The number of aryl methyl sites for hydroxylation is 2. The molecule has 1 heterocycles. The first-order valence-electron chi connectivity index (χ1n) is 12.7. The highest BCUT2D eigenvalue weighted by atomic mass is 16.5. The largest absolute Gasteiger partial charge is 0.456 e. The van der Waals surface area contributed by atoms with E-state index in [0.29, 0.717) is 17.4 Å². The maximum atomic E-state index is 13.7. The third-order valence-corrected chi connectivity index (χ3v) is 8.59. The third kappa shape index (κ3) is 3.62. The maximum Gasteiger partial charge on any atom is 0.330 e. The number of carbonyl (C=O) groups excluding carboxylic acids is 4. The Morgan fingerprint density at radius 2 is 1.58 bits per heavy atom. The van der Waals surface area contributed by atoms with Gasteiger partial charge in [-0.2, -0.15) is 0 Å². The molecule has 4 aliphatic carbocycles. The van der Waals surface area contributed by atoms with Crippen molar-refractivity contribution in [2.24, 2.45) is 35.5 Å². The highest BCUT2D eigenvalue weighted by molar-refractivity contribution is 6.09. The molecule has 1 aliphatic heterocycles. The number of likely N-dealkylation sites (tertiary alicyclic amines) is 1. The molecule has 6 heteroatoms. The first kappa shape index (κ1) is 22.9. The molecule has 3 fully saturated rings. The van der Waals surface area contributed by atoms with E-state index in [2.05, 4.69) is 12.2 Å². The summed E-state index contributed by atoms with van der Waals surface area (Å²) >= 11 is 0. The van der Waals surface area contributed by atoms with E-state index in [1.54, 1.807) is 6.07 Å². The van der Waals surface area contributed by atoms with Crippen molar-refractivity contribution < 1.29 is 23.9 Å². The Hall–Kier alpha value is -3.54. The van der Waals surface area contributed by atoms with Gasteiger partial charge in [0.15, 0.2) is 6.61 Å². The molecule has 2 bridgehead atoms. The molecule has 5 aliphatic rings. The number of benzene rings is 2. The number of rotatable bonds is 7. The number of allylic oxidation sites excluding steroid dienone is 2. The average Bonchev–Trinajstić information content (AvgIpc) is 3.66. The molecule has 0 radical (unpaired) electrons. The summed E-state index contributed by atoms with van der Waals surface area (Å²) in [6.07, 6.45) is 5.46. The number of Topliss-reactive ketones (excluding diaryl/α,β-unsaturated/α-hetero) is 1. The van der Waals surface area contributed by atoms with Crippen molar-refractivity contribution in [1.82, 2.24) is 4.90 Å². The number of imide groups is 1. The van der Waals surface area contributed by atoms with Gasteiger partial charge in [0, 0.05) is 12.0 Å². The molecule has 0 N–H and O–H groups in total. The monoisotopic (exact) mass is 483 g/mol. The van der Waals surface area contributed by atoms with E-state index in [1.807, 2.05) is 56.3 Å². The van der Waals surface area contributed by atoms with Crippen LogP contribution in [-0.4, -0.2) is 41.1 Å². The molecular formula is C30H29NO5. The fourth-order valence-electron chi connectivity index (χ4n) is 6.75. The minimum absolute atomic E-state index is 0.0747. The minimum Gasteiger partial charge on any atom is -0.456 e. The van der Waals surface area contributed by atoms with Crippen LogP contribution in [0.1, 0.15) is 33.5 Å². The fraction of sp³-hybridized carbons (Fsp3) is 0.400. The smallest absolute Gasteiger partial charge is 0.330 e. The molecule has 0 unspecified atom stereocenters. The van der Waals surface area contributed by atoms with E-state index in [1.165, 1.54) is 4.90 Å². The molecule has 2 aromatic rings. The van der Waals surface area contributed by atoms with Crippen LogP contribution in [0, 0.1) is 49.4 Å². The Morgan fingerprint density at radius 3 is 2.22 bits per heavy atom. The van der Waals surface area contributed by atoms with Crippen LogP contribution >= 0.6 is 0 Å². The molecule has 36 heavy (non-hydrogen) atoms. The van der Waals surface area contributed by atoms with Gasteiger partial charge in [-0.3, -0.25) is 19.3 Å². The number of hydrogen-bond acceptors (Lipinski definition) is 5. The van der Waals surface area contributed by atoms with Crippen LogP contribution in [0.15, 0.2) is 60.7 Å². The van der Waals surface area contributed by atoms with Gasteiger partial charge in [0.2, 0.25) is 17.6 Å². The van der Waals surface area contributed by atoms with E-state index >= 15 is 0 Å². The first-order valence-corrected chi connectivity index (χ1v) is 12.7. The second-order valence-electron chi connectivity index (χ2n) is 10.8. The molecule has 2 amide bonds. The van der Waals surface area contributed by atoms with Crippen molar-refractivity contribution in [2.45, 2.75) is 32.7 Å². The van der Waals surface area contributed by atoms with Gasteiger partial charge in [0.1, 0.15) is 6.04 Å². The molecule has 2 saturated carbocycles. The molecule has 2 aromatic carbocycles. The van der Waals surface area contributed by atoms with Gasteiger partial charge in [-0.1, -0.05) is 60.2 Å². The third-order valence-electron chi connectivity index (χ3n) is 8.59. The summed E-state index contributed by atoms with van der Waals surface area (Å²) in [7, 11) is 0.